The number of nitrogens with zero attached hydrogens (tertiary/aromatic N) is 3. The van der Waals surface area contributed by atoms with E-state index in [1.54, 1.807) is 12.4 Å². The second kappa shape index (κ2) is 5.54. The van der Waals surface area contributed by atoms with Crippen molar-refractivity contribution in [2.75, 3.05) is 18.0 Å². The number of anilines is 1. The highest BCUT2D eigenvalue weighted by molar-refractivity contribution is 5.62. The fourth-order valence-electron chi connectivity index (χ4n) is 2.38. The molecule has 104 valence electrons. The maximum Gasteiger partial charge on any atom is 0.225 e. The summed E-state index contributed by atoms with van der Waals surface area (Å²) in [4.78, 5) is 10.5. The number of aromatic nitrogens is 2. The van der Waals surface area contributed by atoms with Gasteiger partial charge in [-0.05, 0) is 23.6 Å². The Morgan fingerprint density at radius 2 is 2.05 bits per heavy atom. The second-order valence-electron chi connectivity index (χ2n) is 4.96. The third kappa shape index (κ3) is 2.63. The lowest BCUT2D eigenvalue weighted by Gasteiger charge is -2.14. The van der Waals surface area contributed by atoms with Crippen LogP contribution in [0.25, 0.3) is 11.1 Å². The van der Waals surface area contributed by atoms with E-state index in [-0.39, 0.29) is 6.61 Å². The molecule has 0 radical (unpaired) electrons. The summed E-state index contributed by atoms with van der Waals surface area (Å²) in [5, 5.41) is 9.15. The molecule has 0 aliphatic carbocycles. The van der Waals surface area contributed by atoms with E-state index in [0.29, 0.717) is 25.5 Å². The molecule has 1 N–H and O–H groups in total. The van der Waals surface area contributed by atoms with Crippen LogP contribution in [0.15, 0.2) is 36.7 Å². The van der Waals surface area contributed by atoms with Crippen LogP contribution in [0.3, 0.4) is 0 Å². The molecule has 1 aromatic carbocycles. The molecule has 1 fully saturated rings. The van der Waals surface area contributed by atoms with Gasteiger partial charge in [-0.2, -0.15) is 0 Å². The predicted molar refractivity (Wildman–Crippen MR) is 75.1 cm³/mol. The van der Waals surface area contributed by atoms with Gasteiger partial charge in [0.25, 0.3) is 0 Å². The SMILES string of the molecule is OCc1cccc(-c2cnc(N3CC[C@H](F)C3)nc2)c1. The van der Waals surface area contributed by atoms with Crippen LogP contribution in [0, 0.1) is 0 Å². The van der Waals surface area contributed by atoms with Crippen molar-refractivity contribution in [3.8, 4) is 11.1 Å². The summed E-state index contributed by atoms with van der Waals surface area (Å²) >= 11 is 0. The first-order valence-electron chi connectivity index (χ1n) is 6.67. The highest BCUT2D eigenvalue weighted by atomic mass is 19.1. The Hall–Kier alpha value is -2.01. The second-order valence-corrected chi connectivity index (χ2v) is 4.96. The fourth-order valence-corrected chi connectivity index (χ4v) is 2.38. The normalized spacial score (nSPS) is 18.5. The van der Waals surface area contributed by atoms with Crippen molar-refractivity contribution in [2.24, 2.45) is 0 Å². The molecule has 2 heterocycles. The molecule has 1 aliphatic rings. The molecule has 0 unspecified atom stereocenters. The van der Waals surface area contributed by atoms with E-state index in [4.69, 9.17) is 5.11 Å². The molecular weight excluding hydrogens is 257 g/mol. The monoisotopic (exact) mass is 273 g/mol. The van der Waals surface area contributed by atoms with Gasteiger partial charge in [-0.25, -0.2) is 14.4 Å². The number of hydrogen-bond acceptors (Lipinski definition) is 4. The largest absolute Gasteiger partial charge is 0.392 e. The predicted octanol–water partition coefficient (Wildman–Crippen LogP) is 2.18. The molecule has 1 aromatic heterocycles. The van der Waals surface area contributed by atoms with Crippen molar-refractivity contribution in [1.29, 1.82) is 0 Å². The van der Waals surface area contributed by atoms with E-state index in [1.807, 2.05) is 29.2 Å². The highest BCUT2D eigenvalue weighted by Gasteiger charge is 2.23. The lowest BCUT2D eigenvalue weighted by molar-refractivity contribution is 0.282. The Morgan fingerprint density at radius 1 is 1.25 bits per heavy atom. The summed E-state index contributed by atoms with van der Waals surface area (Å²) in [5.41, 5.74) is 2.71. The first kappa shape index (κ1) is 13.0. The van der Waals surface area contributed by atoms with Crippen LogP contribution in [-0.4, -0.2) is 34.3 Å². The van der Waals surface area contributed by atoms with Crippen LogP contribution < -0.4 is 4.90 Å². The fraction of sp³-hybridized carbons (Fsp3) is 0.333. The summed E-state index contributed by atoms with van der Waals surface area (Å²) in [6, 6.07) is 7.62. The average molecular weight is 273 g/mol. The minimum absolute atomic E-state index is 0.0123. The first-order valence-corrected chi connectivity index (χ1v) is 6.67. The van der Waals surface area contributed by atoms with Crippen LogP contribution >= 0.6 is 0 Å². The Labute approximate surface area is 116 Å². The smallest absolute Gasteiger partial charge is 0.225 e. The zero-order chi connectivity index (χ0) is 13.9. The van der Waals surface area contributed by atoms with Crippen molar-refractivity contribution in [3.63, 3.8) is 0 Å². The average Bonchev–Trinajstić information content (AvgIpc) is 2.94. The molecule has 1 aliphatic heterocycles. The van der Waals surface area contributed by atoms with Gasteiger partial charge in [0.05, 0.1) is 13.2 Å². The van der Waals surface area contributed by atoms with Gasteiger partial charge in [0, 0.05) is 24.5 Å². The summed E-state index contributed by atoms with van der Waals surface area (Å²) in [5.74, 6) is 0.576. The van der Waals surface area contributed by atoms with Gasteiger partial charge in [-0.15, -0.1) is 0 Å². The van der Waals surface area contributed by atoms with Crippen LogP contribution in [-0.2, 0) is 6.61 Å². The molecular formula is C15H16FN3O. The number of aliphatic hydroxyl groups excluding tert-OH is 1. The van der Waals surface area contributed by atoms with Gasteiger partial charge in [0.1, 0.15) is 6.17 Å². The molecule has 1 atom stereocenters. The van der Waals surface area contributed by atoms with E-state index >= 15 is 0 Å². The molecule has 0 amide bonds. The van der Waals surface area contributed by atoms with Gasteiger partial charge in [-0.3, -0.25) is 0 Å². The van der Waals surface area contributed by atoms with Gasteiger partial charge in [0.2, 0.25) is 5.95 Å². The lowest BCUT2D eigenvalue weighted by atomic mass is 10.1. The zero-order valence-corrected chi connectivity index (χ0v) is 11.0. The molecule has 4 nitrogen and oxygen atoms in total. The van der Waals surface area contributed by atoms with Crippen LogP contribution in [0.1, 0.15) is 12.0 Å². The van der Waals surface area contributed by atoms with Crippen molar-refractivity contribution >= 4 is 5.95 Å². The van der Waals surface area contributed by atoms with E-state index in [1.165, 1.54) is 0 Å². The molecule has 20 heavy (non-hydrogen) atoms. The zero-order valence-electron chi connectivity index (χ0n) is 11.0. The summed E-state index contributed by atoms with van der Waals surface area (Å²) in [6.45, 7) is 1.05. The quantitative estimate of drug-likeness (QED) is 0.931. The third-order valence-corrected chi connectivity index (χ3v) is 3.49. The number of rotatable bonds is 3. The number of halogens is 1. The van der Waals surface area contributed by atoms with E-state index < -0.39 is 6.17 Å². The van der Waals surface area contributed by atoms with Gasteiger partial charge in [0.15, 0.2) is 0 Å². The van der Waals surface area contributed by atoms with Crippen LogP contribution in [0.2, 0.25) is 0 Å². The van der Waals surface area contributed by atoms with Crippen molar-refractivity contribution < 1.29 is 9.50 Å². The third-order valence-electron chi connectivity index (χ3n) is 3.49. The van der Waals surface area contributed by atoms with Gasteiger partial charge < -0.3 is 10.0 Å². The molecule has 2 aromatic rings. The molecule has 3 rings (SSSR count). The minimum atomic E-state index is -0.778. The molecule has 1 saturated heterocycles. The Balaban J connectivity index is 1.82. The summed E-state index contributed by atoms with van der Waals surface area (Å²) in [7, 11) is 0. The van der Waals surface area contributed by atoms with Crippen molar-refractivity contribution in [1.82, 2.24) is 9.97 Å². The topological polar surface area (TPSA) is 49.3 Å². The van der Waals surface area contributed by atoms with Crippen LogP contribution in [0.5, 0.6) is 0 Å². The first-order chi connectivity index (χ1) is 9.76. The lowest BCUT2D eigenvalue weighted by Crippen LogP contribution is -2.22. The van der Waals surface area contributed by atoms with E-state index in [0.717, 1.165) is 16.7 Å². The van der Waals surface area contributed by atoms with E-state index in [9.17, 15) is 4.39 Å². The number of hydrogen-bond donors (Lipinski definition) is 1. The Bertz CT molecular complexity index is 588. The number of alkyl halides is 1. The number of benzene rings is 1. The Morgan fingerprint density at radius 3 is 2.70 bits per heavy atom. The molecule has 5 heteroatoms. The summed E-state index contributed by atoms with van der Waals surface area (Å²) < 4.78 is 13.2. The molecule has 0 spiro atoms. The standard InChI is InChI=1S/C15H16FN3O/c16-14-4-5-19(9-14)15-17-7-13(8-18-15)12-3-1-2-11(6-12)10-20/h1-3,6-8,14,20H,4-5,9-10H2/t14-/m0/s1. The molecule has 0 saturated carbocycles. The van der Waals surface area contributed by atoms with Crippen LogP contribution in [0.4, 0.5) is 10.3 Å². The summed E-state index contributed by atoms with van der Waals surface area (Å²) in [6.07, 6.45) is 3.25. The minimum Gasteiger partial charge on any atom is -0.392 e. The number of aliphatic hydroxyl groups is 1. The van der Waals surface area contributed by atoms with E-state index in [2.05, 4.69) is 9.97 Å². The van der Waals surface area contributed by atoms with Gasteiger partial charge >= 0.3 is 0 Å². The van der Waals surface area contributed by atoms with Crippen molar-refractivity contribution in [3.05, 3.63) is 42.2 Å². The maximum absolute atomic E-state index is 13.2. The van der Waals surface area contributed by atoms with Gasteiger partial charge in [-0.1, -0.05) is 18.2 Å². The molecule has 0 bridgehead atoms. The maximum atomic E-state index is 13.2. The van der Waals surface area contributed by atoms with Crippen molar-refractivity contribution in [2.45, 2.75) is 19.2 Å². The Kier molecular flexibility index (Phi) is 3.60. The highest BCUT2D eigenvalue weighted by Crippen LogP contribution is 2.22.